The summed E-state index contributed by atoms with van der Waals surface area (Å²) in [6.07, 6.45) is 0.207. The van der Waals surface area contributed by atoms with Gasteiger partial charge in [-0.2, -0.15) is 0 Å². The Balaban J connectivity index is 1.98. The lowest BCUT2D eigenvalue weighted by molar-refractivity contribution is 0.209. The first-order valence-corrected chi connectivity index (χ1v) is 7.50. The van der Waals surface area contributed by atoms with Crippen molar-refractivity contribution in [2.45, 2.75) is 0 Å². The molecule has 0 saturated carbocycles. The smallest absolute Gasteiger partial charge is 0.409 e. The standard InChI is InChI=1S/C18H15FN2O5/c1-24-16-8-11-14(9-17(16)25-2)20-6-5-15(11)26-10-3-4-13(12(19)7-10)21-18(22)23/h3-9,21H,1-2H3,(H,22,23). The lowest BCUT2D eigenvalue weighted by Gasteiger charge is -2.13. The van der Waals surface area contributed by atoms with E-state index >= 15 is 0 Å². The molecule has 0 aliphatic heterocycles. The molecule has 3 rings (SSSR count). The predicted octanol–water partition coefficient (Wildman–Crippen LogP) is 4.27. The van der Waals surface area contributed by atoms with Gasteiger partial charge in [-0.15, -0.1) is 0 Å². The van der Waals surface area contributed by atoms with Gasteiger partial charge in [-0.3, -0.25) is 10.3 Å². The van der Waals surface area contributed by atoms with E-state index in [0.29, 0.717) is 28.2 Å². The number of methoxy groups -OCH3 is 2. The van der Waals surface area contributed by atoms with Crippen LogP contribution >= 0.6 is 0 Å². The van der Waals surface area contributed by atoms with Crippen molar-refractivity contribution in [3.63, 3.8) is 0 Å². The van der Waals surface area contributed by atoms with Gasteiger partial charge in [-0.25, -0.2) is 9.18 Å². The molecule has 0 aliphatic carbocycles. The maximum atomic E-state index is 14.0. The van der Waals surface area contributed by atoms with Crippen LogP contribution in [0.3, 0.4) is 0 Å². The van der Waals surface area contributed by atoms with Crippen LogP contribution in [0, 0.1) is 5.82 Å². The molecule has 2 aromatic carbocycles. The molecule has 26 heavy (non-hydrogen) atoms. The highest BCUT2D eigenvalue weighted by atomic mass is 19.1. The summed E-state index contributed by atoms with van der Waals surface area (Å²) in [4.78, 5) is 14.9. The SMILES string of the molecule is COc1cc2nccc(Oc3ccc(NC(=O)O)c(F)c3)c2cc1OC. The summed E-state index contributed by atoms with van der Waals surface area (Å²) in [6.45, 7) is 0. The van der Waals surface area contributed by atoms with Crippen LogP contribution in [0.5, 0.6) is 23.0 Å². The van der Waals surface area contributed by atoms with Crippen molar-refractivity contribution in [3.05, 3.63) is 48.4 Å². The first-order chi connectivity index (χ1) is 12.5. The molecule has 1 heterocycles. The van der Waals surface area contributed by atoms with E-state index in [2.05, 4.69) is 4.98 Å². The molecule has 0 spiro atoms. The summed E-state index contributed by atoms with van der Waals surface area (Å²) >= 11 is 0. The Hall–Kier alpha value is -3.55. The molecule has 3 aromatic rings. The number of nitrogens with one attached hydrogen (secondary N) is 1. The van der Waals surface area contributed by atoms with Gasteiger partial charge in [0.25, 0.3) is 0 Å². The summed E-state index contributed by atoms with van der Waals surface area (Å²) in [5, 5.41) is 11.3. The summed E-state index contributed by atoms with van der Waals surface area (Å²) in [6, 6.07) is 8.90. The third-order valence-electron chi connectivity index (χ3n) is 3.62. The predicted molar refractivity (Wildman–Crippen MR) is 93.0 cm³/mol. The number of carboxylic acid groups (broad SMARTS) is 1. The van der Waals surface area contributed by atoms with Crippen LogP contribution in [0.1, 0.15) is 0 Å². The molecule has 0 bridgehead atoms. The molecule has 0 saturated heterocycles. The van der Waals surface area contributed by atoms with Crippen molar-refractivity contribution in [2.24, 2.45) is 0 Å². The lowest BCUT2D eigenvalue weighted by atomic mass is 10.2. The van der Waals surface area contributed by atoms with E-state index in [1.165, 1.54) is 26.4 Å². The molecule has 1 aromatic heterocycles. The van der Waals surface area contributed by atoms with Crippen LogP contribution in [-0.2, 0) is 0 Å². The summed E-state index contributed by atoms with van der Waals surface area (Å²) in [5.74, 6) is 0.933. The average molecular weight is 358 g/mol. The molecule has 0 fully saturated rings. The van der Waals surface area contributed by atoms with Gasteiger partial charge < -0.3 is 19.3 Å². The lowest BCUT2D eigenvalue weighted by Crippen LogP contribution is -2.08. The maximum Gasteiger partial charge on any atom is 0.409 e. The van der Waals surface area contributed by atoms with Crippen molar-refractivity contribution in [3.8, 4) is 23.0 Å². The number of benzene rings is 2. The summed E-state index contributed by atoms with van der Waals surface area (Å²) < 4.78 is 30.3. The van der Waals surface area contributed by atoms with Gasteiger partial charge in [-0.1, -0.05) is 0 Å². The van der Waals surface area contributed by atoms with Crippen LogP contribution in [0.4, 0.5) is 14.9 Å². The highest BCUT2D eigenvalue weighted by Crippen LogP contribution is 2.37. The van der Waals surface area contributed by atoms with Gasteiger partial charge in [0.1, 0.15) is 11.5 Å². The van der Waals surface area contributed by atoms with E-state index in [4.69, 9.17) is 19.3 Å². The monoisotopic (exact) mass is 358 g/mol. The molecule has 0 radical (unpaired) electrons. The van der Waals surface area contributed by atoms with Gasteiger partial charge in [0, 0.05) is 23.7 Å². The second-order valence-electron chi connectivity index (χ2n) is 5.21. The van der Waals surface area contributed by atoms with E-state index in [9.17, 15) is 9.18 Å². The van der Waals surface area contributed by atoms with Crippen LogP contribution in [0.15, 0.2) is 42.6 Å². The van der Waals surface area contributed by atoms with Crippen LogP contribution in [-0.4, -0.2) is 30.4 Å². The Kier molecular flexibility index (Phi) is 4.74. The number of carbonyl (C=O) groups is 1. The topological polar surface area (TPSA) is 89.9 Å². The van der Waals surface area contributed by atoms with E-state index in [-0.39, 0.29) is 11.4 Å². The second kappa shape index (κ2) is 7.14. The quantitative estimate of drug-likeness (QED) is 0.708. The molecule has 134 valence electrons. The molecular weight excluding hydrogens is 343 g/mol. The second-order valence-corrected chi connectivity index (χ2v) is 5.21. The summed E-state index contributed by atoms with van der Waals surface area (Å²) in [7, 11) is 3.05. The molecule has 1 amide bonds. The van der Waals surface area contributed by atoms with Crippen molar-refractivity contribution >= 4 is 22.7 Å². The van der Waals surface area contributed by atoms with E-state index < -0.39 is 11.9 Å². The Labute approximate surface area is 147 Å². The van der Waals surface area contributed by atoms with Gasteiger partial charge in [0.15, 0.2) is 17.3 Å². The molecule has 2 N–H and O–H groups in total. The number of anilines is 1. The van der Waals surface area contributed by atoms with E-state index in [0.717, 1.165) is 6.07 Å². The molecule has 7 nitrogen and oxygen atoms in total. The highest BCUT2D eigenvalue weighted by molar-refractivity contribution is 5.88. The zero-order chi connectivity index (χ0) is 18.7. The number of aromatic nitrogens is 1. The fourth-order valence-electron chi connectivity index (χ4n) is 2.44. The molecule has 0 unspecified atom stereocenters. The van der Waals surface area contributed by atoms with Gasteiger partial charge >= 0.3 is 6.09 Å². The normalized spacial score (nSPS) is 10.4. The number of halogens is 1. The third-order valence-corrected chi connectivity index (χ3v) is 3.62. The number of rotatable bonds is 5. The number of fused-ring (bicyclic) bond motifs is 1. The Morgan fingerprint density at radius 3 is 2.46 bits per heavy atom. The van der Waals surface area contributed by atoms with Crippen molar-refractivity contribution in [1.82, 2.24) is 4.98 Å². The third kappa shape index (κ3) is 3.44. The number of hydrogen-bond donors (Lipinski definition) is 2. The Morgan fingerprint density at radius 1 is 1.08 bits per heavy atom. The molecule has 0 aliphatic rings. The fraction of sp³-hybridized carbons (Fsp3) is 0.111. The van der Waals surface area contributed by atoms with E-state index in [1.807, 2.05) is 5.32 Å². The number of ether oxygens (including phenoxy) is 3. The number of nitrogens with zero attached hydrogens (tertiary/aromatic N) is 1. The van der Waals surface area contributed by atoms with Crippen LogP contribution in [0.25, 0.3) is 10.9 Å². The number of hydrogen-bond acceptors (Lipinski definition) is 5. The van der Waals surface area contributed by atoms with Gasteiger partial charge in [0.05, 0.1) is 25.4 Å². The minimum Gasteiger partial charge on any atom is -0.493 e. The molecular formula is C18H15FN2O5. The average Bonchev–Trinajstić information content (AvgIpc) is 2.62. The van der Waals surface area contributed by atoms with Crippen LogP contribution in [0.2, 0.25) is 0 Å². The first-order valence-electron chi connectivity index (χ1n) is 7.50. The Morgan fingerprint density at radius 2 is 1.81 bits per heavy atom. The Bertz CT molecular complexity index is 977. The van der Waals surface area contributed by atoms with Crippen LogP contribution < -0.4 is 19.5 Å². The first kappa shape index (κ1) is 17.3. The molecule has 0 atom stereocenters. The number of amides is 1. The minimum atomic E-state index is -1.35. The van der Waals surface area contributed by atoms with Gasteiger partial charge in [0.2, 0.25) is 0 Å². The van der Waals surface area contributed by atoms with E-state index in [1.54, 1.807) is 24.4 Å². The summed E-state index contributed by atoms with van der Waals surface area (Å²) in [5.41, 5.74) is 0.459. The largest absolute Gasteiger partial charge is 0.493 e. The molecule has 8 heteroatoms. The fourth-order valence-corrected chi connectivity index (χ4v) is 2.44. The maximum absolute atomic E-state index is 14.0. The number of pyridine rings is 1. The van der Waals surface area contributed by atoms with Gasteiger partial charge in [-0.05, 0) is 24.3 Å². The van der Waals surface area contributed by atoms with Crippen molar-refractivity contribution in [2.75, 3.05) is 19.5 Å². The zero-order valence-corrected chi connectivity index (χ0v) is 13.9. The minimum absolute atomic E-state index is 0.157. The van der Waals surface area contributed by atoms with Crippen molar-refractivity contribution < 1.29 is 28.5 Å². The highest BCUT2D eigenvalue weighted by Gasteiger charge is 2.12. The van der Waals surface area contributed by atoms with Crippen molar-refractivity contribution in [1.29, 1.82) is 0 Å². The zero-order valence-electron chi connectivity index (χ0n) is 13.9.